The van der Waals surface area contributed by atoms with Crippen LogP contribution in [0.1, 0.15) is 19.4 Å². The van der Waals surface area contributed by atoms with Crippen molar-refractivity contribution in [3.63, 3.8) is 0 Å². The smallest absolute Gasteiger partial charge is 0.305 e. The van der Waals surface area contributed by atoms with Crippen LogP contribution in [0.4, 0.5) is 0 Å². The minimum absolute atomic E-state index is 0.364. The molecule has 5 heteroatoms. The van der Waals surface area contributed by atoms with Crippen LogP contribution in [-0.2, 0) is 13.6 Å². The summed E-state index contributed by atoms with van der Waals surface area (Å²) in [6.45, 7) is 6.23. The van der Waals surface area contributed by atoms with Crippen LogP contribution in [0.3, 0.4) is 0 Å². The normalized spacial score (nSPS) is 11.8. The molecule has 1 aromatic carbocycles. The van der Waals surface area contributed by atoms with Crippen molar-refractivity contribution in [3.8, 4) is 0 Å². The van der Waals surface area contributed by atoms with E-state index in [4.69, 9.17) is 9.05 Å². The number of hydrogen-bond acceptors (Lipinski definition) is 3. The summed E-state index contributed by atoms with van der Waals surface area (Å²) in [4.78, 5) is 0. The molecule has 90 valence electrons. The summed E-state index contributed by atoms with van der Waals surface area (Å²) in [6, 6.07) is 5.59. The quantitative estimate of drug-likeness (QED) is 0.779. The molecule has 0 unspecified atom stereocenters. The Kier molecular flexibility index (Phi) is 5.19. The molecule has 1 aromatic rings. The molecule has 0 aliphatic heterocycles. The van der Waals surface area contributed by atoms with Crippen molar-refractivity contribution in [3.05, 3.63) is 28.2 Å². The maximum Gasteiger partial charge on any atom is 0.361 e. The van der Waals surface area contributed by atoms with Gasteiger partial charge < -0.3 is 9.05 Å². The monoisotopic (exact) mass is 306 g/mol. The Labute approximate surface area is 105 Å². The topological polar surface area (TPSA) is 35.5 Å². The highest BCUT2D eigenvalue weighted by atomic mass is 79.9. The summed E-state index contributed by atoms with van der Waals surface area (Å²) in [5.41, 5.74) is 0.911. The molecule has 0 aliphatic rings. The third-order valence-electron chi connectivity index (χ3n) is 2.06. The van der Waals surface area contributed by atoms with E-state index in [1.54, 1.807) is 19.9 Å². The lowest BCUT2D eigenvalue weighted by molar-refractivity contribution is 0.230. The molecule has 0 bridgehead atoms. The fourth-order valence-corrected chi connectivity index (χ4v) is 3.77. The van der Waals surface area contributed by atoms with Crippen molar-refractivity contribution < 1.29 is 13.6 Å². The lowest BCUT2D eigenvalue weighted by Crippen LogP contribution is -2.13. The maximum atomic E-state index is 12.5. The van der Waals surface area contributed by atoms with Crippen LogP contribution in [0.15, 0.2) is 22.7 Å². The summed E-state index contributed by atoms with van der Waals surface area (Å²) < 4.78 is 24.0. The second-order valence-corrected chi connectivity index (χ2v) is 6.17. The fraction of sp³-hybridized carbons (Fsp3) is 0.455. The van der Waals surface area contributed by atoms with Gasteiger partial charge in [0.25, 0.3) is 0 Å². The lowest BCUT2D eigenvalue weighted by Gasteiger charge is -2.19. The molecule has 0 fully saturated rings. The van der Waals surface area contributed by atoms with Gasteiger partial charge in [0.05, 0.1) is 18.5 Å². The minimum Gasteiger partial charge on any atom is -0.305 e. The van der Waals surface area contributed by atoms with Gasteiger partial charge in [0.2, 0.25) is 0 Å². The predicted molar refractivity (Wildman–Crippen MR) is 69.4 cm³/mol. The first kappa shape index (κ1) is 13.9. The second kappa shape index (κ2) is 5.97. The van der Waals surface area contributed by atoms with Gasteiger partial charge in [-0.2, -0.15) is 0 Å². The first-order valence-corrected chi connectivity index (χ1v) is 7.53. The van der Waals surface area contributed by atoms with E-state index in [-0.39, 0.29) is 0 Å². The fourth-order valence-electron chi connectivity index (χ4n) is 1.39. The highest BCUT2D eigenvalue weighted by molar-refractivity contribution is 9.10. The number of rotatable bonds is 5. The molecule has 0 N–H and O–H groups in total. The van der Waals surface area contributed by atoms with Crippen molar-refractivity contribution in [2.45, 2.75) is 20.8 Å². The van der Waals surface area contributed by atoms with Gasteiger partial charge in [-0.3, -0.25) is 4.57 Å². The van der Waals surface area contributed by atoms with E-state index in [0.29, 0.717) is 18.5 Å². The van der Waals surface area contributed by atoms with E-state index in [2.05, 4.69) is 15.9 Å². The SMILES string of the molecule is CCOP(=O)(OCC)c1cc(Br)ccc1C. The van der Waals surface area contributed by atoms with Gasteiger partial charge in [0.15, 0.2) is 0 Å². The molecule has 3 nitrogen and oxygen atoms in total. The van der Waals surface area contributed by atoms with Crippen LogP contribution in [0.2, 0.25) is 0 Å². The standard InChI is InChI=1S/C11H16BrO3P/c1-4-14-16(13,15-5-2)11-8-10(12)7-6-9(11)3/h6-8H,4-5H2,1-3H3. The third-order valence-corrected chi connectivity index (χ3v) is 4.83. The predicted octanol–water partition coefficient (Wildman–Crippen LogP) is 3.65. The molecule has 0 spiro atoms. The Morgan fingerprint density at radius 2 is 1.81 bits per heavy atom. The maximum absolute atomic E-state index is 12.5. The van der Waals surface area contributed by atoms with Gasteiger partial charge in [-0.25, -0.2) is 0 Å². The molecule has 0 saturated carbocycles. The summed E-state index contributed by atoms with van der Waals surface area (Å²) in [5.74, 6) is 0. The van der Waals surface area contributed by atoms with Crippen LogP contribution in [0.5, 0.6) is 0 Å². The van der Waals surface area contributed by atoms with E-state index < -0.39 is 7.60 Å². The highest BCUT2D eigenvalue weighted by Gasteiger charge is 2.28. The van der Waals surface area contributed by atoms with E-state index in [1.165, 1.54) is 0 Å². The Morgan fingerprint density at radius 1 is 1.25 bits per heavy atom. The number of benzene rings is 1. The summed E-state index contributed by atoms with van der Waals surface area (Å²) in [7, 11) is -3.17. The van der Waals surface area contributed by atoms with Crippen LogP contribution >= 0.6 is 23.5 Å². The molecular weight excluding hydrogens is 291 g/mol. The zero-order valence-corrected chi connectivity index (χ0v) is 12.2. The van der Waals surface area contributed by atoms with Gasteiger partial charge in [-0.1, -0.05) is 22.0 Å². The van der Waals surface area contributed by atoms with Crippen molar-refractivity contribution >= 4 is 28.8 Å². The Bertz CT molecular complexity index is 396. The molecule has 0 saturated heterocycles. The van der Waals surface area contributed by atoms with Gasteiger partial charge in [0.1, 0.15) is 0 Å². The van der Waals surface area contributed by atoms with E-state index in [9.17, 15) is 4.57 Å². The van der Waals surface area contributed by atoms with Gasteiger partial charge in [-0.15, -0.1) is 0 Å². The zero-order valence-electron chi connectivity index (χ0n) is 9.70. The molecule has 0 aliphatic carbocycles. The van der Waals surface area contributed by atoms with Crippen molar-refractivity contribution in [2.75, 3.05) is 13.2 Å². The Morgan fingerprint density at radius 3 is 2.31 bits per heavy atom. The summed E-state index contributed by atoms with van der Waals surface area (Å²) in [6.07, 6.45) is 0. The average Bonchev–Trinajstić information content (AvgIpc) is 2.22. The summed E-state index contributed by atoms with van der Waals surface area (Å²) in [5, 5.41) is 0.630. The highest BCUT2D eigenvalue weighted by Crippen LogP contribution is 2.47. The number of hydrogen-bond donors (Lipinski definition) is 0. The average molecular weight is 307 g/mol. The van der Waals surface area contributed by atoms with Crippen LogP contribution in [0.25, 0.3) is 0 Å². The largest absolute Gasteiger partial charge is 0.361 e. The first-order valence-electron chi connectivity index (χ1n) is 5.19. The van der Waals surface area contributed by atoms with Crippen LogP contribution in [-0.4, -0.2) is 13.2 Å². The molecule has 0 radical (unpaired) electrons. The van der Waals surface area contributed by atoms with Crippen LogP contribution < -0.4 is 5.30 Å². The van der Waals surface area contributed by atoms with E-state index in [0.717, 1.165) is 10.0 Å². The Balaban J connectivity index is 3.20. The van der Waals surface area contributed by atoms with Crippen molar-refractivity contribution in [1.82, 2.24) is 0 Å². The third kappa shape index (κ3) is 3.17. The molecule has 0 atom stereocenters. The number of halogens is 1. The van der Waals surface area contributed by atoms with Crippen LogP contribution in [0, 0.1) is 6.92 Å². The van der Waals surface area contributed by atoms with Gasteiger partial charge in [-0.05, 0) is 38.5 Å². The van der Waals surface area contributed by atoms with Crippen molar-refractivity contribution in [1.29, 1.82) is 0 Å². The van der Waals surface area contributed by atoms with E-state index in [1.807, 2.05) is 19.1 Å². The molecular formula is C11H16BrO3P. The lowest BCUT2D eigenvalue weighted by atomic mass is 10.2. The molecule has 16 heavy (non-hydrogen) atoms. The Hall–Kier alpha value is -0.150. The van der Waals surface area contributed by atoms with E-state index >= 15 is 0 Å². The molecule has 0 amide bonds. The van der Waals surface area contributed by atoms with Gasteiger partial charge >= 0.3 is 7.60 Å². The van der Waals surface area contributed by atoms with Crippen molar-refractivity contribution in [2.24, 2.45) is 0 Å². The first-order chi connectivity index (χ1) is 7.53. The molecule has 1 rings (SSSR count). The zero-order chi connectivity index (χ0) is 12.2. The number of aryl methyl sites for hydroxylation is 1. The molecule has 0 aromatic heterocycles. The minimum atomic E-state index is -3.17. The second-order valence-electron chi connectivity index (χ2n) is 3.26. The van der Waals surface area contributed by atoms with Gasteiger partial charge in [0, 0.05) is 4.47 Å². The molecule has 0 heterocycles. The summed E-state index contributed by atoms with van der Waals surface area (Å²) >= 11 is 3.36.